The number of hydrogen-bond acceptors (Lipinski definition) is 3. The molecule has 3 aromatic rings. The molecule has 1 heterocycles. The van der Waals surface area contributed by atoms with Gasteiger partial charge in [-0.25, -0.2) is 18.6 Å². The molecule has 1 atom stereocenters. The number of rotatable bonds is 4. The van der Waals surface area contributed by atoms with Crippen molar-refractivity contribution in [1.29, 1.82) is 0 Å². The fraction of sp³-hybridized carbons (Fsp3) is 0.158. The number of urea groups is 1. The zero-order chi connectivity index (χ0) is 18.7. The van der Waals surface area contributed by atoms with Crippen LogP contribution in [0.5, 0.6) is 0 Å². The molecule has 0 spiro atoms. The second-order valence-electron chi connectivity index (χ2n) is 5.79. The van der Waals surface area contributed by atoms with E-state index in [1.54, 1.807) is 14.0 Å². The first-order valence-electron chi connectivity index (χ1n) is 7.95. The molecule has 2 aromatic carbocycles. The van der Waals surface area contributed by atoms with Crippen molar-refractivity contribution < 1.29 is 13.6 Å². The Morgan fingerprint density at radius 1 is 1.15 bits per heavy atom. The number of amides is 2. The van der Waals surface area contributed by atoms with Crippen LogP contribution in [0.3, 0.4) is 0 Å². The van der Waals surface area contributed by atoms with E-state index in [4.69, 9.17) is 0 Å². The molecule has 0 aliphatic rings. The van der Waals surface area contributed by atoms with Gasteiger partial charge in [0.05, 0.1) is 11.7 Å². The predicted octanol–water partition coefficient (Wildman–Crippen LogP) is 5.31. The van der Waals surface area contributed by atoms with Gasteiger partial charge in [0.25, 0.3) is 0 Å². The van der Waals surface area contributed by atoms with Gasteiger partial charge in [-0.05, 0) is 24.6 Å². The monoisotopic (exact) mass is 373 g/mol. The molecule has 0 saturated carbocycles. The number of carbonyl (C=O) groups excluding carboxylic acids is 1. The third kappa shape index (κ3) is 3.88. The summed E-state index contributed by atoms with van der Waals surface area (Å²) in [6, 6.07) is 12.5. The van der Waals surface area contributed by atoms with Gasteiger partial charge in [-0.3, -0.25) is 5.32 Å². The summed E-state index contributed by atoms with van der Waals surface area (Å²) in [6.07, 6.45) is 0. The highest BCUT2D eigenvalue weighted by Gasteiger charge is 2.19. The lowest BCUT2D eigenvalue weighted by molar-refractivity contribution is 0.208. The Morgan fingerprint density at radius 3 is 2.58 bits per heavy atom. The summed E-state index contributed by atoms with van der Waals surface area (Å²) in [4.78, 5) is 18.3. The molecule has 26 heavy (non-hydrogen) atoms. The van der Waals surface area contributed by atoms with Crippen LogP contribution >= 0.6 is 11.3 Å². The van der Waals surface area contributed by atoms with Crippen molar-refractivity contribution in [2.24, 2.45) is 0 Å². The van der Waals surface area contributed by atoms with Gasteiger partial charge in [-0.1, -0.05) is 36.4 Å². The average Bonchev–Trinajstić information content (AvgIpc) is 3.12. The zero-order valence-corrected chi connectivity index (χ0v) is 15.1. The summed E-state index contributed by atoms with van der Waals surface area (Å²) in [5.41, 5.74) is 2.25. The van der Waals surface area contributed by atoms with Gasteiger partial charge in [0, 0.05) is 18.0 Å². The summed E-state index contributed by atoms with van der Waals surface area (Å²) in [5.74, 6) is -1.85. The standard InChI is InChI=1S/C19H17F2N3OS/c1-12(14-8-9-15(20)16(21)10-14)24(2)19(25)23-18-22-17(11-26-18)13-6-4-3-5-7-13/h3-12H,1-2H3,(H,22,23,25). The summed E-state index contributed by atoms with van der Waals surface area (Å²) in [5, 5.41) is 5.07. The van der Waals surface area contributed by atoms with Crippen molar-refractivity contribution in [3.63, 3.8) is 0 Å². The van der Waals surface area contributed by atoms with Crippen molar-refractivity contribution in [3.05, 3.63) is 71.1 Å². The number of halogens is 2. The Morgan fingerprint density at radius 2 is 1.88 bits per heavy atom. The van der Waals surface area contributed by atoms with E-state index in [0.29, 0.717) is 10.7 Å². The zero-order valence-electron chi connectivity index (χ0n) is 14.2. The third-order valence-corrected chi connectivity index (χ3v) is 4.87. The number of thiazole rings is 1. The predicted molar refractivity (Wildman–Crippen MR) is 99.1 cm³/mol. The van der Waals surface area contributed by atoms with Crippen LogP contribution < -0.4 is 5.32 Å². The van der Waals surface area contributed by atoms with E-state index < -0.39 is 17.7 Å². The Bertz CT molecular complexity index is 914. The number of benzene rings is 2. The summed E-state index contributed by atoms with van der Waals surface area (Å²) in [7, 11) is 1.59. The second-order valence-corrected chi connectivity index (χ2v) is 6.65. The minimum absolute atomic E-state index is 0.379. The van der Waals surface area contributed by atoms with Gasteiger partial charge in [0.15, 0.2) is 16.8 Å². The molecule has 0 fully saturated rings. The second kappa shape index (κ2) is 7.61. The molecule has 3 rings (SSSR count). The molecule has 1 unspecified atom stereocenters. The molecule has 0 aliphatic heterocycles. The molecule has 1 aromatic heterocycles. The quantitative estimate of drug-likeness (QED) is 0.673. The number of anilines is 1. The van der Waals surface area contributed by atoms with Gasteiger partial charge < -0.3 is 4.90 Å². The maximum atomic E-state index is 13.4. The average molecular weight is 373 g/mol. The van der Waals surface area contributed by atoms with E-state index in [0.717, 1.165) is 23.4 Å². The van der Waals surface area contributed by atoms with Gasteiger partial charge in [0.1, 0.15) is 0 Å². The van der Waals surface area contributed by atoms with Crippen LogP contribution in [0.25, 0.3) is 11.3 Å². The Hall–Kier alpha value is -2.80. The van der Waals surface area contributed by atoms with Crippen LogP contribution in [0.1, 0.15) is 18.5 Å². The number of hydrogen-bond donors (Lipinski definition) is 1. The lowest BCUT2D eigenvalue weighted by Gasteiger charge is -2.25. The van der Waals surface area contributed by atoms with Crippen molar-refractivity contribution in [2.45, 2.75) is 13.0 Å². The molecule has 134 valence electrons. The Kier molecular flexibility index (Phi) is 5.27. The highest BCUT2D eigenvalue weighted by molar-refractivity contribution is 7.14. The maximum Gasteiger partial charge on any atom is 0.323 e. The number of nitrogens with zero attached hydrogens (tertiary/aromatic N) is 2. The third-order valence-electron chi connectivity index (χ3n) is 4.11. The molecular formula is C19H17F2N3OS. The smallest absolute Gasteiger partial charge is 0.321 e. The lowest BCUT2D eigenvalue weighted by Crippen LogP contribution is -2.33. The molecule has 4 nitrogen and oxygen atoms in total. The molecule has 1 N–H and O–H groups in total. The fourth-order valence-electron chi connectivity index (χ4n) is 2.42. The molecule has 0 saturated heterocycles. The van der Waals surface area contributed by atoms with Crippen molar-refractivity contribution in [2.75, 3.05) is 12.4 Å². The van der Waals surface area contributed by atoms with Crippen LogP contribution in [0.4, 0.5) is 18.7 Å². The van der Waals surface area contributed by atoms with E-state index >= 15 is 0 Å². The first-order chi connectivity index (χ1) is 12.5. The van der Waals surface area contributed by atoms with Crippen molar-refractivity contribution in [3.8, 4) is 11.3 Å². The number of nitrogens with one attached hydrogen (secondary N) is 1. The first kappa shape index (κ1) is 18.0. The van der Waals surface area contributed by atoms with Gasteiger partial charge in [-0.15, -0.1) is 11.3 Å². The minimum atomic E-state index is -0.935. The Labute approximate surface area is 154 Å². The highest BCUT2D eigenvalue weighted by Crippen LogP contribution is 2.26. The van der Waals surface area contributed by atoms with E-state index in [1.807, 2.05) is 35.7 Å². The van der Waals surface area contributed by atoms with Crippen LogP contribution in [0.2, 0.25) is 0 Å². The SMILES string of the molecule is CC(c1ccc(F)c(F)c1)N(C)C(=O)Nc1nc(-c2ccccc2)cs1. The summed E-state index contributed by atoms with van der Waals surface area (Å²) < 4.78 is 26.5. The van der Waals surface area contributed by atoms with E-state index in [1.165, 1.54) is 22.3 Å². The number of aromatic nitrogens is 1. The molecule has 0 radical (unpaired) electrons. The highest BCUT2D eigenvalue weighted by atomic mass is 32.1. The topological polar surface area (TPSA) is 45.2 Å². The van der Waals surface area contributed by atoms with E-state index in [9.17, 15) is 13.6 Å². The van der Waals surface area contributed by atoms with Crippen LogP contribution in [-0.2, 0) is 0 Å². The van der Waals surface area contributed by atoms with Gasteiger partial charge in [0.2, 0.25) is 0 Å². The van der Waals surface area contributed by atoms with Crippen LogP contribution in [0.15, 0.2) is 53.9 Å². The largest absolute Gasteiger partial charge is 0.323 e. The molecule has 7 heteroatoms. The van der Waals surface area contributed by atoms with Crippen LogP contribution in [0, 0.1) is 11.6 Å². The fourth-order valence-corrected chi connectivity index (χ4v) is 3.13. The molecule has 0 aliphatic carbocycles. The van der Waals surface area contributed by atoms with Gasteiger partial charge in [-0.2, -0.15) is 0 Å². The van der Waals surface area contributed by atoms with Crippen molar-refractivity contribution in [1.82, 2.24) is 9.88 Å². The molecule has 0 bridgehead atoms. The molecule has 2 amide bonds. The first-order valence-corrected chi connectivity index (χ1v) is 8.83. The molecular weight excluding hydrogens is 356 g/mol. The van der Waals surface area contributed by atoms with E-state index in [2.05, 4.69) is 10.3 Å². The maximum absolute atomic E-state index is 13.4. The summed E-state index contributed by atoms with van der Waals surface area (Å²) in [6.45, 7) is 1.74. The minimum Gasteiger partial charge on any atom is -0.321 e. The normalized spacial score (nSPS) is 11.8. The van der Waals surface area contributed by atoms with E-state index in [-0.39, 0.29) is 6.03 Å². The summed E-state index contributed by atoms with van der Waals surface area (Å²) >= 11 is 1.32. The Balaban J connectivity index is 1.69. The number of carbonyl (C=O) groups is 1. The van der Waals surface area contributed by atoms with Crippen LogP contribution in [-0.4, -0.2) is 23.0 Å². The van der Waals surface area contributed by atoms with Gasteiger partial charge >= 0.3 is 6.03 Å². The lowest BCUT2D eigenvalue weighted by atomic mass is 10.1. The van der Waals surface area contributed by atoms with Crippen molar-refractivity contribution >= 4 is 22.5 Å².